The molecule has 2 aromatic carbocycles. The van der Waals surface area contributed by atoms with Gasteiger partial charge in [0.25, 0.3) is 0 Å². The second-order valence-corrected chi connectivity index (χ2v) is 6.98. The molecule has 0 saturated carbocycles. The van der Waals surface area contributed by atoms with Gasteiger partial charge in [-0.15, -0.1) is 11.3 Å². The molecule has 4 aromatic rings. The average Bonchev–Trinajstić information content (AvgIpc) is 3.15. The first kappa shape index (κ1) is 17.9. The Morgan fingerprint density at radius 1 is 1.18 bits per heavy atom. The van der Waals surface area contributed by atoms with Gasteiger partial charge in [-0.05, 0) is 43.3 Å². The Morgan fingerprint density at radius 3 is 2.68 bits per heavy atom. The van der Waals surface area contributed by atoms with Gasteiger partial charge in [0.1, 0.15) is 0 Å². The van der Waals surface area contributed by atoms with Crippen molar-refractivity contribution in [3.05, 3.63) is 69.9 Å². The van der Waals surface area contributed by atoms with E-state index in [2.05, 4.69) is 10.3 Å². The molecule has 2 heterocycles. The van der Waals surface area contributed by atoms with Crippen molar-refractivity contribution in [2.75, 3.05) is 12.4 Å². The lowest BCUT2D eigenvalue weighted by atomic mass is 10.1. The first-order valence-electron chi connectivity index (χ1n) is 8.50. The van der Waals surface area contributed by atoms with Crippen molar-refractivity contribution < 1.29 is 13.9 Å². The zero-order chi connectivity index (χ0) is 19.7. The minimum Gasteiger partial charge on any atom is -0.493 e. The third-order valence-corrected chi connectivity index (χ3v) is 5.02. The Morgan fingerprint density at radius 2 is 1.96 bits per heavy atom. The number of para-hydroxylation sites is 1. The van der Waals surface area contributed by atoms with Gasteiger partial charge in [0.05, 0.1) is 18.4 Å². The van der Waals surface area contributed by atoms with E-state index in [0.29, 0.717) is 33.3 Å². The summed E-state index contributed by atoms with van der Waals surface area (Å²) in [5.74, 6) is 0.526. The predicted molar refractivity (Wildman–Crippen MR) is 110 cm³/mol. The highest BCUT2D eigenvalue weighted by Crippen LogP contribution is 2.30. The number of methoxy groups -OCH3 is 1. The van der Waals surface area contributed by atoms with Crippen LogP contribution in [0.2, 0.25) is 0 Å². The van der Waals surface area contributed by atoms with Gasteiger partial charge >= 0.3 is 5.63 Å². The number of ketones is 1. The summed E-state index contributed by atoms with van der Waals surface area (Å²) < 4.78 is 10.7. The zero-order valence-electron chi connectivity index (χ0n) is 15.2. The molecule has 0 spiro atoms. The van der Waals surface area contributed by atoms with Crippen LogP contribution >= 0.6 is 11.3 Å². The SMILES string of the molecule is COc1cccc2cc(-c3csc(Nc4ccc(C(C)=O)cc4)n3)c(=O)oc12. The van der Waals surface area contributed by atoms with Crippen LogP contribution in [0.1, 0.15) is 17.3 Å². The number of anilines is 2. The van der Waals surface area contributed by atoms with E-state index in [1.165, 1.54) is 25.4 Å². The molecule has 4 rings (SSSR count). The fourth-order valence-electron chi connectivity index (χ4n) is 2.82. The highest BCUT2D eigenvalue weighted by Gasteiger charge is 2.14. The maximum atomic E-state index is 12.5. The van der Waals surface area contributed by atoms with Gasteiger partial charge in [-0.2, -0.15) is 0 Å². The number of nitrogens with one attached hydrogen (secondary N) is 1. The van der Waals surface area contributed by atoms with Crippen molar-refractivity contribution >= 4 is 38.9 Å². The van der Waals surface area contributed by atoms with Crippen molar-refractivity contribution in [2.24, 2.45) is 0 Å². The lowest BCUT2D eigenvalue weighted by molar-refractivity contribution is 0.101. The number of Topliss-reactive ketones (excluding diaryl/α,β-unsaturated/α-hetero) is 1. The fraction of sp³-hybridized carbons (Fsp3) is 0.0952. The van der Waals surface area contributed by atoms with E-state index in [9.17, 15) is 9.59 Å². The van der Waals surface area contributed by atoms with Gasteiger partial charge in [-0.1, -0.05) is 12.1 Å². The molecule has 0 atom stereocenters. The van der Waals surface area contributed by atoms with Crippen LogP contribution < -0.4 is 15.7 Å². The number of benzene rings is 2. The van der Waals surface area contributed by atoms with E-state index in [-0.39, 0.29) is 5.78 Å². The molecular weight excluding hydrogens is 376 g/mol. The van der Waals surface area contributed by atoms with E-state index < -0.39 is 5.63 Å². The molecule has 0 fully saturated rings. The van der Waals surface area contributed by atoms with Crippen molar-refractivity contribution in [3.8, 4) is 17.0 Å². The molecule has 2 aromatic heterocycles. The van der Waals surface area contributed by atoms with Crippen LogP contribution in [0.5, 0.6) is 5.75 Å². The van der Waals surface area contributed by atoms with Crippen LogP contribution in [0.15, 0.2) is 63.1 Å². The van der Waals surface area contributed by atoms with Crippen LogP contribution in [0, 0.1) is 0 Å². The smallest absolute Gasteiger partial charge is 0.345 e. The first-order chi connectivity index (χ1) is 13.5. The molecule has 0 unspecified atom stereocenters. The largest absolute Gasteiger partial charge is 0.493 e. The maximum Gasteiger partial charge on any atom is 0.345 e. The van der Waals surface area contributed by atoms with Crippen molar-refractivity contribution in [3.63, 3.8) is 0 Å². The lowest BCUT2D eigenvalue weighted by Crippen LogP contribution is -2.03. The number of ether oxygens (including phenoxy) is 1. The lowest BCUT2D eigenvalue weighted by Gasteiger charge is -2.05. The Labute approximate surface area is 164 Å². The Hall–Kier alpha value is -3.45. The average molecular weight is 392 g/mol. The molecular formula is C21H16N2O4S. The molecule has 0 radical (unpaired) electrons. The van der Waals surface area contributed by atoms with E-state index in [0.717, 1.165) is 11.1 Å². The summed E-state index contributed by atoms with van der Waals surface area (Å²) in [6.07, 6.45) is 0. The molecule has 28 heavy (non-hydrogen) atoms. The van der Waals surface area contributed by atoms with E-state index in [1.54, 1.807) is 29.6 Å². The summed E-state index contributed by atoms with van der Waals surface area (Å²) in [5, 5.41) is 6.37. The topological polar surface area (TPSA) is 81.4 Å². The zero-order valence-corrected chi connectivity index (χ0v) is 16.0. The van der Waals surface area contributed by atoms with Gasteiger partial charge < -0.3 is 14.5 Å². The van der Waals surface area contributed by atoms with Gasteiger partial charge in [0, 0.05) is 22.0 Å². The van der Waals surface area contributed by atoms with E-state index in [4.69, 9.17) is 9.15 Å². The second kappa shape index (κ2) is 7.28. The summed E-state index contributed by atoms with van der Waals surface area (Å²) in [5.41, 5.74) is 2.32. The Bertz CT molecular complexity index is 1230. The standard InChI is InChI=1S/C21H16N2O4S/c1-12(24)13-6-8-15(9-7-13)22-21-23-17(11-28-21)16-10-14-4-3-5-18(26-2)19(14)27-20(16)25/h3-11H,1-2H3,(H,22,23). The summed E-state index contributed by atoms with van der Waals surface area (Å²) >= 11 is 1.38. The predicted octanol–water partition coefficient (Wildman–Crippen LogP) is 4.87. The molecule has 0 aliphatic carbocycles. The van der Waals surface area contributed by atoms with Crippen LogP contribution in [-0.2, 0) is 0 Å². The Kier molecular flexibility index (Phi) is 4.67. The molecule has 0 saturated heterocycles. The molecule has 0 amide bonds. The summed E-state index contributed by atoms with van der Waals surface area (Å²) in [6.45, 7) is 1.53. The summed E-state index contributed by atoms with van der Waals surface area (Å²) in [7, 11) is 1.53. The van der Waals surface area contributed by atoms with Gasteiger partial charge in [0.2, 0.25) is 0 Å². The minimum atomic E-state index is -0.473. The number of hydrogen-bond donors (Lipinski definition) is 1. The third kappa shape index (κ3) is 3.39. The van der Waals surface area contributed by atoms with Crippen molar-refractivity contribution in [2.45, 2.75) is 6.92 Å². The van der Waals surface area contributed by atoms with Crippen LogP contribution in [0.3, 0.4) is 0 Å². The first-order valence-corrected chi connectivity index (χ1v) is 9.38. The second-order valence-electron chi connectivity index (χ2n) is 6.12. The third-order valence-electron chi connectivity index (χ3n) is 4.27. The highest BCUT2D eigenvalue weighted by atomic mass is 32.1. The Balaban J connectivity index is 1.64. The monoisotopic (exact) mass is 392 g/mol. The summed E-state index contributed by atoms with van der Waals surface area (Å²) in [6, 6.07) is 14.3. The molecule has 0 aliphatic heterocycles. The molecule has 140 valence electrons. The number of fused-ring (bicyclic) bond motifs is 1. The fourth-order valence-corrected chi connectivity index (χ4v) is 3.55. The maximum absolute atomic E-state index is 12.5. The number of hydrogen-bond acceptors (Lipinski definition) is 7. The number of thiazole rings is 1. The molecule has 7 heteroatoms. The molecule has 6 nitrogen and oxygen atoms in total. The highest BCUT2D eigenvalue weighted by molar-refractivity contribution is 7.14. The number of rotatable bonds is 5. The summed E-state index contributed by atoms with van der Waals surface area (Å²) in [4.78, 5) is 28.3. The quantitative estimate of drug-likeness (QED) is 0.385. The number of nitrogens with zero attached hydrogens (tertiary/aromatic N) is 1. The molecule has 0 bridgehead atoms. The number of aromatic nitrogens is 1. The van der Waals surface area contributed by atoms with Crippen molar-refractivity contribution in [1.29, 1.82) is 0 Å². The molecule has 0 aliphatic rings. The van der Waals surface area contributed by atoms with Gasteiger partial charge in [-0.3, -0.25) is 4.79 Å². The number of carbonyl (C=O) groups is 1. The minimum absolute atomic E-state index is 0.0164. The van der Waals surface area contributed by atoms with Crippen molar-refractivity contribution in [1.82, 2.24) is 4.98 Å². The van der Waals surface area contributed by atoms with E-state index in [1.807, 2.05) is 24.3 Å². The van der Waals surface area contributed by atoms with Crippen LogP contribution in [-0.4, -0.2) is 17.9 Å². The normalized spacial score (nSPS) is 10.8. The van der Waals surface area contributed by atoms with Crippen LogP contribution in [0.25, 0.3) is 22.2 Å². The molecule has 1 N–H and O–H groups in total. The van der Waals surface area contributed by atoms with Crippen LogP contribution in [0.4, 0.5) is 10.8 Å². The van der Waals surface area contributed by atoms with E-state index >= 15 is 0 Å². The van der Waals surface area contributed by atoms with Gasteiger partial charge in [-0.25, -0.2) is 9.78 Å². The van der Waals surface area contributed by atoms with Gasteiger partial charge in [0.15, 0.2) is 22.2 Å². The number of carbonyl (C=O) groups excluding carboxylic acids is 1.